The third kappa shape index (κ3) is 6.63. The molecular formula is C16H29IN4O3S2. The molecule has 1 aliphatic rings. The van der Waals surface area contributed by atoms with Gasteiger partial charge in [-0.25, -0.2) is 8.42 Å². The van der Waals surface area contributed by atoms with Crippen LogP contribution in [0.2, 0.25) is 0 Å². The maximum atomic E-state index is 12.4. The highest BCUT2D eigenvalue weighted by molar-refractivity contribution is 14.0. The lowest BCUT2D eigenvalue weighted by Crippen LogP contribution is -2.43. The summed E-state index contributed by atoms with van der Waals surface area (Å²) in [5, 5.41) is 8.14. The Bertz CT molecular complexity index is 659. The first-order valence-corrected chi connectivity index (χ1v) is 10.9. The number of hydrogen-bond donors (Lipinski definition) is 2. The Morgan fingerprint density at radius 1 is 1.46 bits per heavy atom. The van der Waals surface area contributed by atoms with E-state index in [9.17, 15) is 8.42 Å². The summed E-state index contributed by atoms with van der Waals surface area (Å²) in [6.07, 6.45) is 2.08. The molecule has 2 heterocycles. The smallest absolute Gasteiger partial charge is 0.252 e. The topological polar surface area (TPSA) is 83.0 Å². The molecular weight excluding hydrogens is 487 g/mol. The molecule has 150 valence electrons. The van der Waals surface area contributed by atoms with E-state index in [0.29, 0.717) is 29.8 Å². The van der Waals surface area contributed by atoms with Crippen LogP contribution >= 0.6 is 35.3 Å². The lowest BCUT2D eigenvalue weighted by Gasteiger charge is -2.22. The van der Waals surface area contributed by atoms with E-state index in [-0.39, 0.29) is 29.6 Å². The second-order valence-corrected chi connectivity index (χ2v) is 9.50. The van der Waals surface area contributed by atoms with Gasteiger partial charge in [0, 0.05) is 33.3 Å². The van der Waals surface area contributed by atoms with Gasteiger partial charge >= 0.3 is 0 Å². The Hall–Kier alpha value is -0.430. The van der Waals surface area contributed by atoms with E-state index in [2.05, 4.69) is 22.5 Å². The minimum Gasteiger partial charge on any atom is -0.373 e. The van der Waals surface area contributed by atoms with Crippen molar-refractivity contribution in [3.8, 4) is 0 Å². The maximum Gasteiger partial charge on any atom is 0.252 e. The molecule has 1 saturated heterocycles. The molecule has 7 nitrogen and oxygen atoms in total. The summed E-state index contributed by atoms with van der Waals surface area (Å²) >= 11 is 1.23. The zero-order chi connectivity index (χ0) is 18.3. The molecule has 1 aliphatic heterocycles. The molecule has 0 radical (unpaired) electrons. The van der Waals surface area contributed by atoms with Crippen LogP contribution in [0.3, 0.4) is 0 Å². The Morgan fingerprint density at radius 3 is 2.81 bits per heavy atom. The number of thiophene rings is 1. The summed E-state index contributed by atoms with van der Waals surface area (Å²) in [5.41, 5.74) is -0.193. The number of ether oxygens (including phenoxy) is 1. The Labute approximate surface area is 177 Å². The molecule has 0 aromatic carbocycles. The summed E-state index contributed by atoms with van der Waals surface area (Å²) in [6.45, 7) is 7.04. The first-order valence-electron chi connectivity index (χ1n) is 8.53. The monoisotopic (exact) mass is 516 g/mol. The zero-order valence-corrected chi connectivity index (χ0v) is 19.5. The summed E-state index contributed by atoms with van der Waals surface area (Å²) < 4.78 is 32.2. The van der Waals surface area contributed by atoms with E-state index in [1.165, 1.54) is 15.6 Å². The van der Waals surface area contributed by atoms with E-state index in [1.807, 2.05) is 6.92 Å². The number of rotatable bonds is 8. The molecule has 1 aromatic heterocycles. The number of guanidine groups is 1. The van der Waals surface area contributed by atoms with E-state index in [4.69, 9.17) is 4.74 Å². The number of aliphatic imine (C=N–C) groups is 1. The molecule has 0 saturated carbocycles. The first kappa shape index (κ1) is 23.6. The molecule has 0 amide bonds. The fourth-order valence-corrected chi connectivity index (χ4v) is 4.94. The molecule has 1 aromatic rings. The molecule has 1 fully saturated rings. The van der Waals surface area contributed by atoms with Gasteiger partial charge in [-0.2, -0.15) is 4.31 Å². The fourth-order valence-electron chi connectivity index (χ4n) is 2.57. The van der Waals surface area contributed by atoms with Crippen LogP contribution in [0.4, 0.5) is 0 Å². The number of nitrogens with one attached hydrogen (secondary N) is 2. The second kappa shape index (κ2) is 10.8. The summed E-state index contributed by atoms with van der Waals surface area (Å²) in [4.78, 5) is 4.58. The van der Waals surface area contributed by atoms with Crippen molar-refractivity contribution in [3.05, 3.63) is 17.5 Å². The fraction of sp³-hybridized carbons (Fsp3) is 0.688. The molecule has 0 bridgehead atoms. The number of sulfonamides is 1. The average molecular weight is 516 g/mol. The highest BCUT2D eigenvalue weighted by Crippen LogP contribution is 2.25. The Morgan fingerprint density at radius 2 is 2.23 bits per heavy atom. The lowest BCUT2D eigenvalue weighted by molar-refractivity contribution is 0.0283. The van der Waals surface area contributed by atoms with Crippen molar-refractivity contribution < 1.29 is 13.2 Å². The number of likely N-dealkylation sites (N-methyl/N-ethyl adjacent to an activating group) is 1. The quantitative estimate of drug-likeness (QED) is 0.314. The van der Waals surface area contributed by atoms with Gasteiger partial charge in [-0.1, -0.05) is 6.07 Å². The molecule has 10 heteroatoms. The van der Waals surface area contributed by atoms with Crippen LogP contribution in [-0.2, 0) is 14.8 Å². The van der Waals surface area contributed by atoms with E-state index >= 15 is 0 Å². The molecule has 0 aliphatic carbocycles. The molecule has 0 spiro atoms. The predicted octanol–water partition coefficient (Wildman–Crippen LogP) is 2.11. The third-order valence-electron chi connectivity index (χ3n) is 4.10. The summed E-state index contributed by atoms with van der Waals surface area (Å²) in [5.74, 6) is 0.682. The molecule has 2 N–H and O–H groups in total. The molecule has 1 atom stereocenters. The van der Waals surface area contributed by atoms with Gasteiger partial charge in [0.1, 0.15) is 4.21 Å². The lowest BCUT2D eigenvalue weighted by atomic mass is 10.0. The van der Waals surface area contributed by atoms with Gasteiger partial charge in [-0.05, 0) is 38.1 Å². The van der Waals surface area contributed by atoms with Crippen LogP contribution in [0.1, 0.15) is 26.7 Å². The van der Waals surface area contributed by atoms with Crippen molar-refractivity contribution >= 4 is 51.3 Å². The Balaban J connectivity index is 0.00000338. The van der Waals surface area contributed by atoms with Gasteiger partial charge in [0.2, 0.25) is 0 Å². The van der Waals surface area contributed by atoms with Crippen LogP contribution in [0.25, 0.3) is 0 Å². The van der Waals surface area contributed by atoms with Crippen LogP contribution < -0.4 is 10.6 Å². The number of halogens is 1. The van der Waals surface area contributed by atoms with Crippen molar-refractivity contribution in [1.82, 2.24) is 14.9 Å². The summed E-state index contributed by atoms with van der Waals surface area (Å²) in [7, 11) is -1.82. The summed E-state index contributed by atoms with van der Waals surface area (Å²) in [6, 6.07) is 3.36. The third-order valence-corrected chi connectivity index (χ3v) is 7.33. The van der Waals surface area contributed by atoms with Crippen molar-refractivity contribution in [2.24, 2.45) is 4.99 Å². The van der Waals surface area contributed by atoms with Crippen LogP contribution in [0, 0.1) is 0 Å². The average Bonchev–Trinajstić information content (AvgIpc) is 3.25. The van der Waals surface area contributed by atoms with Crippen molar-refractivity contribution in [2.45, 2.75) is 36.5 Å². The van der Waals surface area contributed by atoms with Gasteiger partial charge < -0.3 is 15.4 Å². The highest BCUT2D eigenvalue weighted by atomic mass is 127. The van der Waals surface area contributed by atoms with Crippen LogP contribution in [0.5, 0.6) is 0 Å². The standard InChI is InChI=1S/C16H28N4O3S2.HI/c1-4-17-15(19-13-16(2)8-6-11-23-16)18-9-10-20(3)25(21,22)14-7-5-12-24-14;/h5,7,12H,4,6,8-11,13H2,1-3H3,(H2,17,18,19);1H. The van der Waals surface area contributed by atoms with Gasteiger partial charge in [0.25, 0.3) is 10.0 Å². The highest BCUT2D eigenvalue weighted by Gasteiger charge is 2.29. The minimum absolute atomic E-state index is 0. The predicted molar refractivity (Wildman–Crippen MR) is 117 cm³/mol. The number of hydrogen-bond acceptors (Lipinski definition) is 5. The van der Waals surface area contributed by atoms with Crippen molar-refractivity contribution in [3.63, 3.8) is 0 Å². The van der Waals surface area contributed by atoms with Gasteiger partial charge in [-0.15, -0.1) is 35.3 Å². The van der Waals surface area contributed by atoms with Crippen LogP contribution in [0.15, 0.2) is 26.7 Å². The Kier molecular flexibility index (Phi) is 9.80. The van der Waals surface area contributed by atoms with E-state index in [0.717, 1.165) is 26.0 Å². The largest absolute Gasteiger partial charge is 0.373 e. The molecule has 1 unspecified atom stereocenters. The molecule has 26 heavy (non-hydrogen) atoms. The van der Waals surface area contributed by atoms with E-state index in [1.54, 1.807) is 24.6 Å². The van der Waals surface area contributed by atoms with Gasteiger partial charge in [-0.3, -0.25) is 4.99 Å². The second-order valence-electron chi connectivity index (χ2n) is 6.28. The van der Waals surface area contributed by atoms with E-state index < -0.39 is 10.0 Å². The van der Waals surface area contributed by atoms with Crippen molar-refractivity contribution in [1.29, 1.82) is 0 Å². The van der Waals surface area contributed by atoms with Gasteiger partial charge in [0.15, 0.2) is 5.96 Å². The van der Waals surface area contributed by atoms with Gasteiger partial charge in [0.05, 0.1) is 12.1 Å². The maximum absolute atomic E-state index is 12.4. The number of nitrogens with zero attached hydrogens (tertiary/aromatic N) is 2. The minimum atomic E-state index is -3.41. The van der Waals surface area contributed by atoms with Crippen LogP contribution in [-0.4, -0.2) is 64.1 Å². The first-order chi connectivity index (χ1) is 11.9. The normalized spacial score (nSPS) is 20.8. The SMILES string of the molecule is CCNC(=NCC1(C)CCCO1)NCCN(C)S(=O)(=O)c1cccs1.I. The molecule has 2 rings (SSSR count). The van der Waals surface area contributed by atoms with Crippen molar-refractivity contribution in [2.75, 3.05) is 39.8 Å². The zero-order valence-electron chi connectivity index (χ0n) is 15.5.